The molecule has 0 aliphatic rings. The van der Waals surface area contributed by atoms with Gasteiger partial charge in [0.05, 0.1) is 17.0 Å². The Bertz CT molecular complexity index is 786. The Morgan fingerprint density at radius 2 is 1.86 bits per heavy atom. The number of anilines is 1. The zero-order valence-electron chi connectivity index (χ0n) is 11.5. The number of hydrogen-bond acceptors (Lipinski definition) is 6. The van der Waals surface area contributed by atoms with E-state index >= 15 is 0 Å². The summed E-state index contributed by atoms with van der Waals surface area (Å²) in [5, 5.41) is 14.1. The fourth-order valence-electron chi connectivity index (χ4n) is 2.02. The van der Waals surface area contributed by atoms with Crippen LogP contribution in [0.15, 0.2) is 59.3 Å². The van der Waals surface area contributed by atoms with Gasteiger partial charge in [-0.05, 0) is 24.3 Å². The molecule has 7 nitrogen and oxygen atoms in total. The summed E-state index contributed by atoms with van der Waals surface area (Å²) < 4.78 is 5.66. The van der Waals surface area contributed by atoms with Gasteiger partial charge in [0.1, 0.15) is 11.5 Å². The van der Waals surface area contributed by atoms with Crippen LogP contribution in [0.1, 0.15) is 5.76 Å². The third-order valence-corrected chi connectivity index (χ3v) is 3.01. The van der Waals surface area contributed by atoms with Gasteiger partial charge >= 0.3 is 0 Å². The normalized spacial score (nSPS) is 10.4. The van der Waals surface area contributed by atoms with Crippen LogP contribution >= 0.6 is 0 Å². The van der Waals surface area contributed by atoms with Crippen molar-refractivity contribution in [3.8, 4) is 11.3 Å². The Hall–Kier alpha value is -3.22. The van der Waals surface area contributed by atoms with E-state index in [-0.39, 0.29) is 5.69 Å². The van der Waals surface area contributed by atoms with E-state index in [0.717, 1.165) is 0 Å². The van der Waals surface area contributed by atoms with Crippen LogP contribution in [-0.4, -0.2) is 14.9 Å². The number of nitro benzene ring substituents is 1. The van der Waals surface area contributed by atoms with E-state index in [4.69, 9.17) is 4.42 Å². The van der Waals surface area contributed by atoms with E-state index in [1.807, 2.05) is 0 Å². The van der Waals surface area contributed by atoms with E-state index in [0.29, 0.717) is 29.6 Å². The number of hydrogen-bond donors (Lipinski definition) is 1. The highest BCUT2D eigenvalue weighted by Crippen LogP contribution is 2.30. The second kappa shape index (κ2) is 6.04. The van der Waals surface area contributed by atoms with Gasteiger partial charge < -0.3 is 9.73 Å². The summed E-state index contributed by atoms with van der Waals surface area (Å²) in [6, 6.07) is 11.7. The summed E-state index contributed by atoms with van der Waals surface area (Å²) >= 11 is 0. The molecule has 2 heterocycles. The number of nitro groups is 1. The number of benzene rings is 1. The van der Waals surface area contributed by atoms with Gasteiger partial charge in [-0.3, -0.25) is 10.1 Å². The molecule has 1 aromatic carbocycles. The Morgan fingerprint density at radius 1 is 1.09 bits per heavy atom. The lowest BCUT2D eigenvalue weighted by Gasteiger charge is -2.02. The molecule has 0 aliphatic carbocycles. The number of nitrogens with zero attached hydrogens (tertiary/aromatic N) is 3. The van der Waals surface area contributed by atoms with Crippen LogP contribution in [0.25, 0.3) is 11.3 Å². The topological polar surface area (TPSA) is 94.1 Å². The van der Waals surface area contributed by atoms with Crippen LogP contribution in [0.4, 0.5) is 11.6 Å². The van der Waals surface area contributed by atoms with Crippen molar-refractivity contribution in [2.45, 2.75) is 6.54 Å². The summed E-state index contributed by atoms with van der Waals surface area (Å²) in [6.07, 6.45) is 3.27. The molecule has 0 unspecified atom stereocenters. The van der Waals surface area contributed by atoms with Crippen molar-refractivity contribution in [1.82, 2.24) is 9.97 Å². The summed E-state index contributed by atoms with van der Waals surface area (Å²) in [5.74, 6) is 1.59. The first-order valence-corrected chi connectivity index (χ1v) is 6.57. The summed E-state index contributed by atoms with van der Waals surface area (Å²) in [7, 11) is 0. The molecule has 0 saturated carbocycles. The van der Waals surface area contributed by atoms with Gasteiger partial charge in [-0.2, -0.15) is 0 Å². The molecule has 0 fully saturated rings. The maximum atomic E-state index is 11.0. The standard InChI is InChI=1S/C15H12N4O3/c20-19(21)13-5-2-1-4-12(13)14-7-6-11(22-14)10-18-15-16-8-3-9-17-15/h1-9H,10H2,(H,16,17,18). The van der Waals surface area contributed by atoms with E-state index in [2.05, 4.69) is 15.3 Å². The highest BCUT2D eigenvalue weighted by Gasteiger charge is 2.17. The van der Waals surface area contributed by atoms with Crippen molar-refractivity contribution in [3.63, 3.8) is 0 Å². The number of furan rings is 1. The minimum absolute atomic E-state index is 0.0164. The summed E-state index contributed by atoms with van der Waals surface area (Å²) in [5.41, 5.74) is 0.470. The Morgan fingerprint density at radius 3 is 2.64 bits per heavy atom. The van der Waals surface area contributed by atoms with Crippen molar-refractivity contribution in [1.29, 1.82) is 0 Å². The van der Waals surface area contributed by atoms with Crippen molar-refractivity contribution in [3.05, 3.63) is 70.7 Å². The average Bonchev–Trinajstić information content (AvgIpc) is 3.03. The van der Waals surface area contributed by atoms with Crippen molar-refractivity contribution >= 4 is 11.6 Å². The fraction of sp³-hybridized carbons (Fsp3) is 0.0667. The highest BCUT2D eigenvalue weighted by atomic mass is 16.6. The molecule has 0 amide bonds. The molecule has 22 heavy (non-hydrogen) atoms. The molecule has 0 atom stereocenters. The largest absolute Gasteiger partial charge is 0.459 e. The average molecular weight is 296 g/mol. The SMILES string of the molecule is O=[N+]([O-])c1ccccc1-c1ccc(CNc2ncccn2)o1. The van der Waals surface area contributed by atoms with Crippen LogP contribution < -0.4 is 5.32 Å². The molecule has 7 heteroatoms. The second-order valence-corrected chi connectivity index (χ2v) is 4.47. The Labute approximate surface area is 125 Å². The molecule has 0 spiro atoms. The molecule has 2 aromatic heterocycles. The number of para-hydroxylation sites is 1. The number of aromatic nitrogens is 2. The van der Waals surface area contributed by atoms with Gasteiger partial charge in [0.15, 0.2) is 0 Å². The van der Waals surface area contributed by atoms with Gasteiger partial charge in [-0.15, -0.1) is 0 Å². The van der Waals surface area contributed by atoms with Crippen molar-refractivity contribution < 1.29 is 9.34 Å². The minimum Gasteiger partial charge on any atom is -0.459 e. The third-order valence-electron chi connectivity index (χ3n) is 3.01. The third kappa shape index (κ3) is 2.93. The Balaban J connectivity index is 1.78. The molecule has 0 bridgehead atoms. The first kappa shape index (κ1) is 13.7. The molecule has 0 saturated heterocycles. The molecular formula is C15H12N4O3. The van der Waals surface area contributed by atoms with Crippen LogP contribution in [-0.2, 0) is 6.54 Å². The van der Waals surface area contributed by atoms with E-state index in [1.54, 1.807) is 48.8 Å². The van der Waals surface area contributed by atoms with E-state index in [1.165, 1.54) is 6.07 Å². The zero-order valence-corrected chi connectivity index (χ0v) is 11.5. The number of rotatable bonds is 5. The van der Waals surface area contributed by atoms with E-state index in [9.17, 15) is 10.1 Å². The first-order chi connectivity index (χ1) is 10.7. The van der Waals surface area contributed by atoms with Crippen LogP contribution in [0, 0.1) is 10.1 Å². The molecule has 3 rings (SSSR count). The maximum Gasteiger partial charge on any atom is 0.280 e. The monoisotopic (exact) mass is 296 g/mol. The van der Waals surface area contributed by atoms with Crippen LogP contribution in [0.3, 0.4) is 0 Å². The number of nitrogens with one attached hydrogen (secondary N) is 1. The minimum atomic E-state index is -0.423. The van der Waals surface area contributed by atoms with Crippen molar-refractivity contribution in [2.75, 3.05) is 5.32 Å². The molecular weight excluding hydrogens is 284 g/mol. The summed E-state index contributed by atoms with van der Waals surface area (Å²) in [4.78, 5) is 18.7. The predicted octanol–water partition coefficient (Wildman–Crippen LogP) is 3.26. The van der Waals surface area contributed by atoms with Gasteiger partial charge in [0, 0.05) is 18.5 Å². The second-order valence-electron chi connectivity index (χ2n) is 4.47. The summed E-state index contributed by atoms with van der Waals surface area (Å²) in [6.45, 7) is 0.393. The van der Waals surface area contributed by atoms with Gasteiger partial charge in [0.2, 0.25) is 5.95 Å². The Kier molecular flexibility index (Phi) is 3.78. The lowest BCUT2D eigenvalue weighted by molar-refractivity contribution is -0.384. The molecule has 0 radical (unpaired) electrons. The lowest BCUT2D eigenvalue weighted by Crippen LogP contribution is -2.01. The van der Waals surface area contributed by atoms with Gasteiger partial charge in [-0.25, -0.2) is 9.97 Å². The lowest BCUT2D eigenvalue weighted by atomic mass is 10.1. The smallest absolute Gasteiger partial charge is 0.280 e. The fourth-order valence-corrected chi connectivity index (χ4v) is 2.02. The predicted molar refractivity (Wildman–Crippen MR) is 80.2 cm³/mol. The van der Waals surface area contributed by atoms with Crippen LogP contribution in [0.2, 0.25) is 0 Å². The molecule has 0 aliphatic heterocycles. The highest BCUT2D eigenvalue weighted by molar-refractivity contribution is 5.69. The van der Waals surface area contributed by atoms with E-state index < -0.39 is 4.92 Å². The van der Waals surface area contributed by atoms with Gasteiger partial charge in [-0.1, -0.05) is 12.1 Å². The molecule has 1 N–H and O–H groups in total. The van der Waals surface area contributed by atoms with Crippen molar-refractivity contribution in [2.24, 2.45) is 0 Å². The molecule has 3 aromatic rings. The zero-order chi connectivity index (χ0) is 15.4. The van der Waals surface area contributed by atoms with Gasteiger partial charge in [0.25, 0.3) is 5.69 Å². The maximum absolute atomic E-state index is 11.0. The molecule has 110 valence electrons. The quantitative estimate of drug-likeness (QED) is 0.573. The first-order valence-electron chi connectivity index (χ1n) is 6.57. The van der Waals surface area contributed by atoms with Crippen LogP contribution in [0.5, 0.6) is 0 Å².